The normalized spacial score (nSPS) is 14.0. The first-order chi connectivity index (χ1) is 12.9. The third-order valence-corrected chi connectivity index (χ3v) is 6.85. The maximum absolute atomic E-state index is 12.7. The largest absolute Gasteiger partial charge is 0.680 e. The van der Waals surface area contributed by atoms with Crippen molar-refractivity contribution in [3.05, 3.63) is 35.9 Å². The van der Waals surface area contributed by atoms with Gasteiger partial charge in [0.2, 0.25) is 0 Å². The maximum Gasteiger partial charge on any atom is 0.680 e. The van der Waals surface area contributed by atoms with E-state index in [0.717, 1.165) is 5.56 Å². The van der Waals surface area contributed by atoms with Crippen molar-refractivity contribution in [3.8, 4) is 0 Å². The average molecular weight is 413 g/mol. The van der Waals surface area contributed by atoms with E-state index in [0.29, 0.717) is 0 Å². The first kappa shape index (κ1) is 24.8. The molecule has 0 heterocycles. The van der Waals surface area contributed by atoms with Gasteiger partial charge in [-0.15, -0.1) is 0 Å². The number of carbonyl (C=O) groups excluding carboxylic acids is 1. The number of methoxy groups -OCH3 is 1. The van der Waals surface area contributed by atoms with Crippen LogP contribution in [0.4, 0.5) is 0 Å². The molecule has 0 radical (unpaired) electrons. The number of hydrogen-bond acceptors (Lipinski definition) is 6. The van der Waals surface area contributed by atoms with Crippen LogP contribution in [0.3, 0.4) is 0 Å². The number of rotatable bonds is 11. The highest BCUT2D eigenvalue weighted by atomic mass is 28.4. The molecule has 1 atom stereocenters. The van der Waals surface area contributed by atoms with Gasteiger partial charge in [-0.1, -0.05) is 30.3 Å². The second-order valence-electron chi connectivity index (χ2n) is 8.07. The summed E-state index contributed by atoms with van der Waals surface area (Å²) in [5.41, 5.74) is -0.208. The van der Waals surface area contributed by atoms with E-state index in [1.807, 2.05) is 85.7 Å². The molecule has 0 aliphatic heterocycles. The molecule has 160 valence electrons. The Hall–Kier alpha value is -1.25. The molecular weight excluding hydrogens is 376 g/mol. The fourth-order valence-corrected chi connectivity index (χ4v) is 5.79. The molecule has 0 N–H and O–H groups in total. The molecule has 1 rings (SSSR count). The monoisotopic (exact) mass is 412 g/mol. The Kier molecular flexibility index (Phi) is 9.30. The molecule has 28 heavy (non-hydrogen) atoms. The number of ether oxygens (including phenoxy) is 1. The van der Waals surface area contributed by atoms with Crippen LogP contribution in [0, 0.1) is 0 Å². The van der Waals surface area contributed by atoms with E-state index < -0.39 is 26.5 Å². The minimum absolute atomic E-state index is 0.173. The molecule has 7 heteroatoms. The molecule has 0 unspecified atom stereocenters. The Morgan fingerprint density at radius 3 is 1.64 bits per heavy atom. The number of esters is 1. The van der Waals surface area contributed by atoms with Gasteiger partial charge in [-0.05, 0) is 61.0 Å². The van der Waals surface area contributed by atoms with Crippen LogP contribution in [0.2, 0.25) is 0 Å². The zero-order chi connectivity index (χ0) is 21.5. The van der Waals surface area contributed by atoms with Crippen molar-refractivity contribution in [3.63, 3.8) is 0 Å². The van der Waals surface area contributed by atoms with Gasteiger partial charge in [0.15, 0.2) is 0 Å². The van der Waals surface area contributed by atoms with Crippen LogP contribution in [-0.2, 0) is 27.2 Å². The molecule has 0 fully saturated rings. The molecule has 0 bridgehead atoms. The lowest BCUT2D eigenvalue weighted by Crippen LogP contribution is -2.59. The van der Waals surface area contributed by atoms with Gasteiger partial charge in [0.25, 0.3) is 0 Å². The minimum Gasteiger partial charge on any atom is -0.468 e. The predicted octanol–water partition coefficient (Wildman–Crippen LogP) is 4.45. The fourth-order valence-electron chi connectivity index (χ4n) is 2.99. The molecule has 1 aromatic rings. The van der Waals surface area contributed by atoms with Gasteiger partial charge in [-0.2, -0.15) is 0 Å². The lowest BCUT2D eigenvalue weighted by Gasteiger charge is -2.41. The summed E-state index contributed by atoms with van der Waals surface area (Å²) in [4.78, 5) is 12.7. The first-order valence-corrected chi connectivity index (χ1v) is 11.4. The summed E-state index contributed by atoms with van der Waals surface area (Å²) in [5.74, 6) is -1.06. The van der Waals surface area contributed by atoms with Crippen molar-refractivity contribution in [1.29, 1.82) is 0 Å². The molecule has 1 aromatic carbocycles. The van der Waals surface area contributed by atoms with Gasteiger partial charge >= 0.3 is 15.0 Å². The summed E-state index contributed by atoms with van der Waals surface area (Å²) >= 11 is 0. The van der Waals surface area contributed by atoms with Crippen molar-refractivity contribution in [1.82, 2.24) is 0 Å². The molecule has 0 amide bonds. The van der Waals surface area contributed by atoms with Crippen LogP contribution in [-0.4, -0.2) is 46.0 Å². The Balaban J connectivity index is 3.38. The highest BCUT2D eigenvalue weighted by Gasteiger charge is 2.55. The average Bonchev–Trinajstić information content (AvgIpc) is 2.52. The van der Waals surface area contributed by atoms with E-state index >= 15 is 0 Å². The van der Waals surface area contributed by atoms with E-state index in [-0.39, 0.29) is 18.3 Å². The number of carbonyl (C=O) groups is 1. The summed E-state index contributed by atoms with van der Waals surface area (Å²) in [7, 11) is -2.21. The van der Waals surface area contributed by atoms with Crippen LogP contribution in [0.1, 0.15) is 66.9 Å². The lowest BCUT2D eigenvalue weighted by molar-refractivity contribution is -0.154. The van der Waals surface area contributed by atoms with E-state index in [4.69, 9.17) is 22.4 Å². The third-order valence-electron chi connectivity index (χ3n) is 3.79. The Morgan fingerprint density at radius 2 is 1.29 bits per heavy atom. The van der Waals surface area contributed by atoms with Crippen LogP contribution >= 0.6 is 0 Å². The maximum atomic E-state index is 12.7. The van der Waals surface area contributed by atoms with Crippen molar-refractivity contribution in [2.45, 2.75) is 85.2 Å². The van der Waals surface area contributed by atoms with Gasteiger partial charge in [-0.25, -0.2) is 0 Å². The summed E-state index contributed by atoms with van der Waals surface area (Å²) in [6.45, 7) is 15.1. The van der Waals surface area contributed by atoms with E-state index in [9.17, 15) is 4.79 Å². The van der Waals surface area contributed by atoms with E-state index in [2.05, 4.69) is 0 Å². The zero-order valence-corrected chi connectivity index (χ0v) is 19.6. The molecule has 0 spiro atoms. The predicted molar refractivity (Wildman–Crippen MR) is 111 cm³/mol. The zero-order valence-electron chi connectivity index (χ0n) is 18.6. The second kappa shape index (κ2) is 10.5. The van der Waals surface area contributed by atoms with Crippen molar-refractivity contribution in [2.75, 3.05) is 7.11 Å². The van der Waals surface area contributed by atoms with Crippen molar-refractivity contribution < 1.29 is 27.2 Å². The van der Waals surface area contributed by atoms with Gasteiger partial charge in [0.05, 0.1) is 12.7 Å². The Bertz CT molecular complexity index is 574. The molecule has 0 aliphatic carbocycles. The van der Waals surface area contributed by atoms with Crippen LogP contribution in [0.25, 0.3) is 0 Å². The number of benzene rings is 1. The van der Waals surface area contributed by atoms with Crippen LogP contribution in [0.5, 0.6) is 0 Å². The summed E-state index contributed by atoms with van der Waals surface area (Å²) in [6.07, 6.45) is -0.519. The molecule has 0 aliphatic rings. The quantitative estimate of drug-likeness (QED) is 0.395. The van der Waals surface area contributed by atoms with E-state index in [1.165, 1.54) is 7.11 Å². The molecular formula is C21H36O6Si. The molecule has 0 saturated carbocycles. The second-order valence-corrected chi connectivity index (χ2v) is 9.98. The third kappa shape index (κ3) is 7.29. The fraction of sp³-hybridized carbons (Fsp3) is 0.667. The summed E-state index contributed by atoms with van der Waals surface area (Å²) in [5, 5.41) is 0. The number of hydrogen-bond donors (Lipinski definition) is 0. The van der Waals surface area contributed by atoms with Crippen LogP contribution < -0.4 is 0 Å². The standard InChI is InChI=1S/C21H36O6Si/c1-15(2)24-28(25-16(3)4,26-17(5)6)27-21(7,8)19(20(22)23-9)18-13-11-10-12-14-18/h10-17,19H,1-9H3/t19-/m0/s1. The summed E-state index contributed by atoms with van der Waals surface area (Å²) < 4.78 is 29.9. The highest BCUT2D eigenvalue weighted by molar-refractivity contribution is 6.53. The molecule has 0 aromatic heterocycles. The topological polar surface area (TPSA) is 63.2 Å². The first-order valence-electron chi connectivity index (χ1n) is 9.79. The molecule has 0 saturated heterocycles. The van der Waals surface area contributed by atoms with Crippen LogP contribution in [0.15, 0.2) is 30.3 Å². The van der Waals surface area contributed by atoms with Gasteiger partial charge in [0.1, 0.15) is 5.92 Å². The summed E-state index contributed by atoms with van der Waals surface area (Å²) in [6, 6.07) is 9.42. The molecule has 6 nitrogen and oxygen atoms in total. The highest BCUT2D eigenvalue weighted by Crippen LogP contribution is 2.36. The van der Waals surface area contributed by atoms with Gasteiger partial charge < -0.3 is 22.4 Å². The Morgan fingerprint density at radius 1 is 0.857 bits per heavy atom. The Labute approximate surface area is 171 Å². The van der Waals surface area contributed by atoms with Crippen molar-refractivity contribution >= 4 is 15.0 Å². The SMILES string of the molecule is COC(=O)[C@H](c1ccccc1)C(C)(C)O[Si](OC(C)C)(OC(C)C)OC(C)C. The van der Waals surface area contributed by atoms with Gasteiger partial charge in [0, 0.05) is 18.3 Å². The van der Waals surface area contributed by atoms with Crippen molar-refractivity contribution in [2.24, 2.45) is 0 Å². The lowest BCUT2D eigenvalue weighted by atomic mass is 9.85. The smallest absolute Gasteiger partial charge is 0.468 e. The van der Waals surface area contributed by atoms with E-state index in [1.54, 1.807) is 0 Å². The van der Waals surface area contributed by atoms with Gasteiger partial charge in [-0.3, -0.25) is 4.79 Å². The minimum atomic E-state index is -3.58.